The van der Waals surface area contributed by atoms with Gasteiger partial charge in [-0.15, -0.1) is 0 Å². The molecule has 1 fully saturated rings. The van der Waals surface area contributed by atoms with Crippen molar-refractivity contribution in [3.8, 4) is 0 Å². The fourth-order valence-electron chi connectivity index (χ4n) is 1.87. The van der Waals surface area contributed by atoms with Crippen LogP contribution in [0.1, 0.15) is 32.6 Å². The Balaban J connectivity index is 2.48. The van der Waals surface area contributed by atoms with Gasteiger partial charge in [-0.2, -0.15) is 0 Å². The Morgan fingerprint density at radius 3 is 2.29 bits per heavy atom. The number of rotatable bonds is 4. The van der Waals surface area contributed by atoms with Crippen molar-refractivity contribution in [1.82, 2.24) is 5.32 Å². The van der Waals surface area contributed by atoms with Gasteiger partial charge in [0.1, 0.15) is 0 Å². The van der Waals surface area contributed by atoms with E-state index in [9.17, 15) is 5.11 Å². The third-order valence-electron chi connectivity index (χ3n) is 2.96. The summed E-state index contributed by atoms with van der Waals surface area (Å²) in [6.07, 6.45) is 3.54. The molecule has 0 saturated heterocycles. The van der Waals surface area contributed by atoms with Crippen LogP contribution >= 0.6 is 0 Å². The lowest BCUT2D eigenvalue weighted by molar-refractivity contribution is 0.0385. The summed E-state index contributed by atoms with van der Waals surface area (Å²) in [5, 5.41) is 31.0. The minimum Gasteiger partial charge on any atom is -0.394 e. The van der Waals surface area contributed by atoms with Gasteiger partial charge in [0.15, 0.2) is 0 Å². The molecule has 1 aliphatic carbocycles. The molecule has 1 rings (SSSR count). The summed E-state index contributed by atoms with van der Waals surface area (Å²) in [4.78, 5) is 0. The fraction of sp³-hybridized carbons (Fsp3) is 1.00. The number of hydrogen-bond donors (Lipinski definition) is 4. The molecule has 0 aromatic rings. The molecule has 84 valence electrons. The second-order valence-corrected chi connectivity index (χ2v) is 4.48. The summed E-state index contributed by atoms with van der Waals surface area (Å²) in [6.45, 7) is 1.52. The van der Waals surface area contributed by atoms with Crippen LogP contribution in [0.15, 0.2) is 0 Å². The highest BCUT2D eigenvalue weighted by Crippen LogP contribution is 2.20. The molecule has 0 aliphatic heterocycles. The van der Waals surface area contributed by atoms with Gasteiger partial charge in [0, 0.05) is 6.04 Å². The van der Waals surface area contributed by atoms with Crippen LogP contribution in [0.5, 0.6) is 0 Å². The fourth-order valence-corrected chi connectivity index (χ4v) is 1.87. The van der Waals surface area contributed by atoms with Crippen LogP contribution in [0, 0.1) is 0 Å². The zero-order valence-electron chi connectivity index (χ0n) is 8.74. The van der Waals surface area contributed by atoms with Gasteiger partial charge in [-0.1, -0.05) is 12.8 Å². The smallest absolute Gasteiger partial charge is 0.0693 e. The lowest BCUT2D eigenvalue weighted by atomic mass is 9.90. The lowest BCUT2D eigenvalue weighted by Gasteiger charge is -2.36. The number of aliphatic hydroxyl groups is 3. The van der Waals surface area contributed by atoms with E-state index >= 15 is 0 Å². The zero-order chi connectivity index (χ0) is 10.6. The third-order valence-corrected chi connectivity index (χ3v) is 2.96. The topological polar surface area (TPSA) is 72.7 Å². The van der Waals surface area contributed by atoms with Crippen LogP contribution in [-0.2, 0) is 0 Å². The van der Waals surface area contributed by atoms with E-state index in [0.29, 0.717) is 0 Å². The normalized spacial score (nSPS) is 29.1. The van der Waals surface area contributed by atoms with Crippen molar-refractivity contribution in [2.75, 3.05) is 13.2 Å². The van der Waals surface area contributed by atoms with E-state index in [1.807, 2.05) is 0 Å². The summed E-state index contributed by atoms with van der Waals surface area (Å²) in [6, 6.07) is 0.00745. The number of hydrogen-bond acceptors (Lipinski definition) is 4. The first-order valence-electron chi connectivity index (χ1n) is 5.29. The Morgan fingerprint density at radius 1 is 1.21 bits per heavy atom. The molecule has 14 heavy (non-hydrogen) atoms. The summed E-state index contributed by atoms with van der Waals surface area (Å²) in [5.41, 5.74) is -0.678. The Morgan fingerprint density at radius 2 is 1.79 bits per heavy atom. The average Bonchev–Trinajstić information content (AvgIpc) is 2.21. The van der Waals surface area contributed by atoms with Crippen molar-refractivity contribution in [3.05, 3.63) is 0 Å². The summed E-state index contributed by atoms with van der Waals surface area (Å²) < 4.78 is 0. The van der Waals surface area contributed by atoms with Crippen molar-refractivity contribution < 1.29 is 15.3 Å². The van der Waals surface area contributed by atoms with Gasteiger partial charge in [0.2, 0.25) is 0 Å². The zero-order valence-corrected chi connectivity index (χ0v) is 8.74. The lowest BCUT2D eigenvalue weighted by Crippen LogP contribution is -2.57. The molecule has 0 radical (unpaired) electrons. The highest BCUT2D eigenvalue weighted by Gasteiger charge is 2.30. The Hall–Kier alpha value is -0.160. The van der Waals surface area contributed by atoms with Crippen LogP contribution in [0.25, 0.3) is 0 Å². The molecule has 4 N–H and O–H groups in total. The molecular formula is C10H21NO3. The highest BCUT2D eigenvalue weighted by molar-refractivity contribution is 4.90. The minimum atomic E-state index is -0.678. The molecule has 0 bridgehead atoms. The van der Waals surface area contributed by atoms with Gasteiger partial charge in [-0.3, -0.25) is 0 Å². The van der Waals surface area contributed by atoms with Crippen molar-refractivity contribution >= 4 is 0 Å². The van der Waals surface area contributed by atoms with Crippen LogP contribution in [0.2, 0.25) is 0 Å². The third kappa shape index (κ3) is 2.92. The van der Waals surface area contributed by atoms with Crippen LogP contribution in [-0.4, -0.2) is 46.2 Å². The average molecular weight is 203 g/mol. The van der Waals surface area contributed by atoms with Gasteiger partial charge in [-0.25, -0.2) is 0 Å². The van der Waals surface area contributed by atoms with Gasteiger partial charge in [0.25, 0.3) is 0 Å². The molecule has 0 aromatic heterocycles. The SMILES string of the molecule is CC(CO)(CO)N[C@H]1CCCC[C@@H]1O. The summed E-state index contributed by atoms with van der Waals surface area (Å²) >= 11 is 0. The Bertz CT molecular complexity index is 171. The first kappa shape index (κ1) is 11.9. The van der Waals surface area contributed by atoms with E-state index in [-0.39, 0.29) is 25.4 Å². The minimum absolute atomic E-state index is 0.00745. The van der Waals surface area contributed by atoms with Crippen molar-refractivity contribution in [2.24, 2.45) is 0 Å². The predicted molar refractivity (Wildman–Crippen MR) is 54.0 cm³/mol. The van der Waals surface area contributed by atoms with Gasteiger partial charge in [-0.05, 0) is 19.8 Å². The second kappa shape index (κ2) is 5.07. The second-order valence-electron chi connectivity index (χ2n) is 4.48. The standard InChI is InChI=1S/C10H21NO3/c1-10(6-12,7-13)11-8-4-2-3-5-9(8)14/h8-9,11-14H,2-7H2,1H3/t8-,9-/m0/s1. The van der Waals surface area contributed by atoms with Crippen molar-refractivity contribution in [1.29, 1.82) is 0 Å². The monoisotopic (exact) mass is 203 g/mol. The van der Waals surface area contributed by atoms with Gasteiger partial charge in [0.05, 0.1) is 24.9 Å². The van der Waals surface area contributed by atoms with E-state index in [0.717, 1.165) is 25.7 Å². The molecule has 0 amide bonds. The first-order chi connectivity index (χ1) is 6.61. The molecule has 0 spiro atoms. The van der Waals surface area contributed by atoms with Gasteiger partial charge < -0.3 is 20.6 Å². The Kier molecular flexibility index (Phi) is 4.31. The molecule has 1 saturated carbocycles. The predicted octanol–water partition coefficient (Wildman–Crippen LogP) is -0.377. The van der Waals surface area contributed by atoms with Crippen molar-refractivity contribution in [3.63, 3.8) is 0 Å². The largest absolute Gasteiger partial charge is 0.394 e. The summed E-state index contributed by atoms with van der Waals surface area (Å²) in [5.74, 6) is 0. The van der Waals surface area contributed by atoms with Crippen molar-refractivity contribution in [2.45, 2.75) is 50.3 Å². The van der Waals surface area contributed by atoms with E-state index in [1.165, 1.54) is 0 Å². The van der Waals surface area contributed by atoms with E-state index in [2.05, 4.69) is 5.32 Å². The van der Waals surface area contributed by atoms with Crippen LogP contribution in [0.3, 0.4) is 0 Å². The maximum atomic E-state index is 9.70. The van der Waals surface area contributed by atoms with Gasteiger partial charge >= 0.3 is 0 Å². The maximum absolute atomic E-state index is 9.70. The first-order valence-corrected chi connectivity index (χ1v) is 5.29. The molecule has 0 heterocycles. The van der Waals surface area contributed by atoms with E-state index < -0.39 is 5.54 Å². The number of nitrogens with one attached hydrogen (secondary N) is 1. The van der Waals surface area contributed by atoms with Crippen LogP contribution in [0.4, 0.5) is 0 Å². The Labute approximate surface area is 85.0 Å². The quantitative estimate of drug-likeness (QED) is 0.503. The molecular weight excluding hydrogens is 182 g/mol. The molecule has 0 unspecified atom stereocenters. The molecule has 4 heteroatoms. The van der Waals surface area contributed by atoms with Crippen LogP contribution < -0.4 is 5.32 Å². The maximum Gasteiger partial charge on any atom is 0.0693 e. The molecule has 0 aromatic carbocycles. The van der Waals surface area contributed by atoms with E-state index in [1.54, 1.807) is 6.92 Å². The molecule has 2 atom stereocenters. The number of aliphatic hydroxyl groups excluding tert-OH is 3. The molecule has 4 nitrogen and oxygen atoms in total. The van der Waals surface area contributed by atoms with E-state index in [4.69, 9.17) is 10.2 Å². The molecule has 1 aliphatic rings. The summed E-state index contributed by atoms with van der Waals surface area (Å²) in [7, 11) is 0. The highest BCUT2D eigenvalue weighted by atomic mass is 16.3.